The minimum absolute atomic E-state index is 0.0716. The van der Waals surface area contributed by atoms with Crippen molar-refractivity contribution in [3.63, 3.8) is 0 Å². The first-order chi connectivity index (χ1) is 18.2. The van der Waals surface area contributed by atoms with E-state index in [2.05, 4.69) is 22.0 Å². The molecule has 2 saturated heterocycles. The van der Waals surface area contributed by atoms with Gasteiger partial charge in [0.1, 0.15) is 5.15 Å². The third-order valence-electron chi connectivity index (χ3n) is 7.59. The molecule has 1 aromatic heterocycles. The number of hydrogen-bond donors (Lipinski definition) is 2. The minimum Gasteiger partial charge on any atom is -0.481 e. The predicted octanol–water partition coefficient (Wildman–Crippen LogP) is 3.76. The number of nitrogens with two attached hydrogens (primary N) is 1. The van der Waals surface area contributed by atoms with Gasteiger partial charge in [-0.05, 0) is 56.2 Å². The van der Waals surface area contributed by atoms with E-state index in [0.29, 0.717) is 43.1 Å². The van der Waals surface area contributed by atoms with Gasteiger partial charge in [-0.2, -0.15) is 0 Å². The van der Waals surface area contributed by atoms with Crippen molar-refractivity contribution in [1.29, 1.82) is 0 Å². The van der Waals surface area contributed by atoms with E-state index in [4.69, 9.17) is 28.9 Å². The maximum atomic E-state index is 13.8. The Balaban J connectivity index is 1.51. The highest BCUT2D eigenvalue weighted by atomic mass is 35.5. The average Bonchev–Trinajstić information content (AvgIpc) is 3.24. The quantitative estimate of drug-likeness (QED) is 0.402. The van der Waals surface area contributed by atoms with Crippen LogP contribution >= 0.6 is 23.2 Å². The molecule has 3 heterocycles. The van der Waals surface area contributed by atoms with Crippen LogP contribution in [0.4, 0.5) is 0 Å². The van der Waals surface area contributed by atoms with Crippen LogP contribution in [-0.2, 0) is 27.2 Å². The maximum Gasteiger partial charge on any atom is 0.303 e. The smallest absolute Gasteiger partial charge is 0.303 e. The van der Waals surface area contributed by atoms with Gasteiger partial charge in [-0.1, -0.05) is 53.5 Å². The number of aromatic nitrogens is 1. The number of nitrogens with zero attached hydrogens (tertiary/aromatic N) is 3. The molecule has 1 unspecified atom stereocenters. The lowest BCUT2D eigenvalue weighted by atomic mass is 9.98. The van der Waals surface area contributed by atoms with Crippen LogP contribution in [0.25, 0.3) is 0 Å². The number of benzene rings is 1. The van der Waals surface area contributed by atoms with E-state index in [1.807, 2.05) is 18.2 Å². The Bertz CT molecular complexity index is 1150. The first kappa shape index (κ1) is 28.5. The van der Waals surface area contributed by atoms with Crippen molar-refractivity contribution in [2.24, 2.45) is 5.73 Å². The molecule has 2 aliphatic heterocycles. The zero-order valence-electron chi connectivity index (χ0n) is 21.3. The second kappa shape index (κ2) is 13.0. The summed E-state index contributed by atoms with van der Waals surface area (Å²) in [6.45, 7) is 1.04. The van der Waals surface area contributed by atoms with Crippen molar-refractivity contribution in [2.45, 2.75) is 75.5 Å². The first-order valence-electron chi connectivity index (χ1n) is 13.1. The summed E-state index contributed by atoms with van der Waals surface area (Å²) in [6, 6.07) is 12.4. The molecule has 10 heteroatoms. The Hall–Kier alpha value is -2.52. The molecule has 1 aromatic carbocycles. The first-order valence-corrected chi connectivity index (χ1v) is 13.9. The van der Waals surface area contributed by atoms with Gasteiger partial charge in [-0.25, -0.2) is 4.98 Å². The maximum absolute atomic E-state index is 13.8. The predicted molar refractivity (Wildman–Crippen MR) is 146 cm³/mol. The summed E-state index contributed by atoms with van der Waals surface area (Å²) < 4.78 is 0. The molecule has 2 aromatic rings. The molecule has 4 rings (SSSR count). The molecule has 2 aliphatic rings. The number of fused-ring (bicyclic) bond motifs is 1. The highest BCUT2D eigenvalue weighted by molar-refractivity contribution is 6.41. The number of pyridine rings is 1. The van der Waals surface area contributed by atoms with Gasteiger partial charge < -0.3 is 15.7 Å². The Labute approximate surface area is 233 Å². The average molecular weight is 562 g/mol. The minimum atomic E-state index is -0.999. The normalized spacial score (nSPS) is 22.7. The molecular weight excluding hydrogens is 527 g/mol. The highest BCUT2D eigenvalue weighted by Crippen LogP contribution is 2.31. The number of aliphatic carboxylic acids is 1. The third kappa shape index (κ3) is 7.11. The standard InChI is InChI=1S/C28H34Cl2N4O4/c29-22-10-7-20(32-27(22)30)8-12-25(35)23(11-13-26(36)37)33-15-14-21(9-6-18-4-2-1-3-5-18)34-17-19(31)16-24(34)28(33)38/h1-5,7,10,19,21,23-24H,6,8-9,11-17,31H2,(H,36,37)/t19-,21?,23-,24+/m1/s1. The molecule has 38 heavy (non-hydrogen) atoms. The number of amides is 1. The van der Waals surface area contributed by atoms with E-state index in [1.54, 1.807) is 17.0 Å². The number of rotatable bonds is 11. The Morgan fingerprint density at radius 1 is 1.11 bits per heavy atom. The number of carboxylic acids is 1. The number of Topliss-reactive ketones (excluding diaryl/α,β-unsaturated/α-hetero) is 1. The summed E-state index contributed by atoms with van der Waals surface area (Å²) in [4.78, 5) is 46.8. The fourth-order valence-corrected chi connectivity index (χ4v) is 5.93. The number of hydrogen-bond acceptors (Lipinski definition) is 6. The van der Waals surface area contributed by atoms with Crippen molar-refractivity contribution in [2.75, 3.05) is 13.1 Å². The van der Waals surface area contributed by atoms with E-state index in [0.717, 1.165) is 12.8 Å². The van der Waals surface area contributed by atoms with Gasteiger partial charge in [0.2, 0.25) is 5.91 Å². The van der Waals surface area contributed by atoms with Crippen LogP contribution in [0.2, 0.25) is 10.2 Å². The van der Waals surface area contributed by atoms with Crippen LogP contribution in [0.15, 0.2) is 42.5 Å². The lowest BCUT2D eigenvalue weighted by Gasteiger charge is -2.32. The second-order valence-electron chi connectivity index (χ2n) is 10.2. The number of carbonyl (C=O) groups is 3. The molecule has 204 valence electrons. The second-order valence-corrected chi connectivity index (χ2v) is 11.0. The van der Waals surface area contributed by atoms with E-state index in [1.165, 1.54) is 5.56 Å². The zero-order valence-corrected chi connectivity index (χ0v) is 22.8. The summed E-state index contributed by atoms with van der Waals surface area (Å²) in [5.74, 6) is -1.30. The van der Waals surface area contributed by atoms with Crippen LogP contribution in [0, 0.1) is 0 Å². The van der Waals surface area contributed by atoms with Gasteiger partial charge in [0, 0.05) is 43.7 Å². The van der Waals surface area contributed by atoms with Crippen molar-refractivity contribution >= 4 is 40.9 Å². The third-order valence-corrected chi connectivity index (χ3v) is 8.28. The zero-order chi connectivity index (χ0) is 27.2. The number of aryl methyl sites for hydroxylation is 2. The molecule has 0 aliphatic carbocycles. The largest absolute Gasteiger partial charge is 0.481 e. The summed E-state index contributed by atoms with van der Waals surface area (Å²) in [6.07, 6.45) is 3.31. The topological polar surface area (TPSA) is 117 Å². The van der Waals surface area contributed by atoms with E-state index in [-0.39, 0.29) is 48.2 Å². The van der Waals surface area contributed by atoms with Crippen molar-refractivity contribution in [3.8, 4) is 0 Å². The van der Waals surface area contributed by atoms with Gasteiger partial charge in [0.25, 0.3) is 0 Å². The monoisotopic (exact) mass is 560 g/mol. The number of carboxylic acid groups (broad SMARTS) is 1. The number of carbonyl (C=O) groups excluding carboxylic acids is 2. The van der Waals surface area contributed by atoms with Gasteiger partial charge in [0.05, 0.1) is 17.1 Å². The molecule has 1 amide bonds. The van der Waals surface area contributed by atoms with Gasteiger partial charge >= 0.3 is 5.97 Å². The van der Waals surface area contributed by atoms with Gasteiger partial charge in [-0.3, -0.25) is 19.3 Å². The Morgan fingerprint density at radius 2 is 1.87 bits per heavy atom. The summed E-state index contributed by atoms with van der Waals surface area (Å²) in [7, 11) is 0. The van der Waals surface area contributed by atoms with Crippen LogP contribution in [-0.4, -0.2) is 74.8 Å². The van der Waals surface area contributed by atoms with Gasteiger partial charge in [-0.15, -0.1) is 0 Å². The van der Waals surface area contributed by atoms with Crippen molar-refractivity contribution in [1.82, 2.24) is 14.8 Å². The lowest BCUT2D eigenvalue weighted by molar-refractivity contribution is -0.144. The van der Waals surface area contributed by atoms with E-state index >= 15 is 0 Å². The van der Waals surface area contributed by atoms with Crippen molar-refractivity contribution in [3.05, 3.63) is 63.9 Å². The fraction of sp³-hybridized carbons (Fsp3) is 0.500. The Kier molecular flexibility index (Phi) is 9.76. The number of ketones is 1. The summed E-state index contributed by atoms with van der Waals surface area (Å²) in [5.41, 5.74) is 8.16. The lowest BCUT2D eigenvalue weighted by Crippen LogP contribution is -2.50. The van der Waals surface area contributed by atoms with E-state index in [9.17, 15) is 19.5 Å². The van der Waals surface area contributed by atoms with Crippen LogP contribution in [0.3, 0.4) is 0 Å². The SMILES string of the molecule is N[C@@H]1C[C@H]2C(=O)N([C@H](CCC(=O)O)C(=O)CCc3ccc(Cl)c(Cl)n3)CCC(CCc3ccccc3)N2C1. The van der Waals surface area contributed by atoms with Crippen LogP contribution in [0.5, 0.6) is 0 Å². The summed E-state index contributed by atoms with van der Waals surface area (Å²) in [5, 5.41) is 9.86. The van der Waals surface area contributed by atoms with E-state index < -0.39 is 18.1 Å². The number of halogens is 2. The molecule has 2 fully saturated rings. The Morgan fingerprint density at radius 3 is 2.58 bits per heavy atom. The molecule has 0 saturated carbocycles. The molecule has 4 atom stereocenters. The van der Waals surface area contributed by atoms with Crippen LogP contribution < -0.4 is 5.73 Å². The summed E-state index contributed by atoms with van der Waals surface area (Å²) >= 11 is 12.0. The molecule has 0 spiro atoms. The van der Waals surface area contributed by atoms with Crippen LogP contribution in [0.1, 0.15) is 49.8 Å². The molecule has 0 radical (unpaired) electrons. The highest BCUT2D eigenvalue weighted by Gasteiger charge is 2.45. The molecule has 8 nitrogen and oxygen atoms in total. The van der Waals surface area contributed by atoms with Crippen molar-refractivity contribution < 1.29 is 19.5 Å². The molecule has 0 bridgehead atoms. The molecular formula is C28H34Cl2N4O4. The van der Waals surface area contributed by atoms with Gasteiger partial charge in [0.15, 0.2) is 5.78 Å². The fourth-order valence-electron chi connectivity index (χ4n) is 5.66. The molecule has 3 N–H and O–H groups in total.